The third-order valence-electron chi connectivity index (χ3n) is 3.21. The highest BCUT2D eigenvalue weighted by molar-refractivity contribution is 6.42. The molecule has 0 saturated carbocycles. The minimum Gasteiger partial charge on any atom is -0.469 e. The van der Waals surface area contributed by atoms with Crippen LogP contribution in [0.1, 0.15) is 27.5 Å². The first-order valence-corrected chi connectivity index (χ1v) is 6.86. The van der Waals surface area contributed by atoms with E-state index in [9.17, 15) is 14.0 Å². The summed E-state index contributed by atoms with van der Waals surface area (Å²) in [6, 6.07) is 7.91. The van der Waals surface area contributed by atoms with E-state index in [0.717, 1.165) is 11.1 Å². The fraction of sp³-hybridized carbons (Fsp3) is 0.125. The molecule has 23 heavy (non-hydrogen) atoms. The van der Waals surface area contributed by atoms with E-state index in [1.807, 2.05) is 0 Å². The highest BCUT2D eigenvalue weighted by Crippen LogP contribution is 2.15. The lowest BCUT2D eigenvalue weighted by molar-refractivity contribution is -0.114. The van der Waals surface area contributed by atoms with E-state index in [0.29, 0.717) is 12.2 Å². The number of Topliss-reactive ketones (excluding diaryl/α,β-unsaturated/α-hetero) is 2. The molecule has 2 heterocycles. The molecule has 3 aromatic rings. The number of rotatable bonds is 6. The molecule has 0 atom stereocenters. The number of halogens is 1. The maximum absolute atomic E-state index is 13.2. The first kappa shape index (κ1) is 14.8. The number of ketones is 2. The average molecular weight is 313 g/mol. The van der Waals surface area contributed by atoms with E-state index >= 15 is 0 Å². The van der Waals surface area contributed by atoms with E-state index in [4.69, 9.17) is 4.42 Å². The van der Waals surface area contributed by atoms with Crippen LogP contribution in [0.2, 0.25) is 0 Å². The summed E-state index contributed by atoms with van der Waals surface area (Å²) >= 11 is 0. The monoisotopic (exact) mass is 313 g/mol. The fourth-order valence-electron chi connectivity index (χ4n) is 2.18. The van der Waals surface area contributed by atoms with Gasteiger partial charge in [0.1, 0.15) is 17.9 Å². The van der Waals surface area contributed by atoms with Crippen LogP contribution in [0, 0.1) is 5.82 Å². The Balaban J connectivity index is 1.65. The topological polar surface area (TPSA) is 88.9 Å². The van der Waals surface area contributed by atoms with Crippen molar-refractivity contribution in [2.45, 2.75) is 12.8 Å². The van der Waals surface area contributed by atoms with Crippen LogP contribution in [0.25, 0.3) is 0 Å². The predicted molar refractivity (Wildman–Crippen MR) is 77.3 cm³/mol. The molecule has 0 aliphatic carbocycles. The Bertz CT molecular complexity index is 840. The number of carbonyl (C=O) groups is 2. The second-order valence-electron chi connectivity index (χ2n) is 4.98. The van der Waals surface area contributed by atoms with E-state index in [2.05, 4.69) is 15.2 Å². The summed E-state index contributed by atoms with van der Waals surface area (Å²) in [6.07, 6.45) is 3.02. The van der Waals surface area contributed by atoms with Crippen LogP contribution in [0.15, 0.2) is 47.3 Å². The molecule has 0 spiro atoms. The van der Waals surface area contributed by atoms with Gasteiger partial charge in [0.25, 0.3) is 5.78 Å². The van der Waals surface area contributed by atoms with Gasteiger partial charge in [-0.3, -0.25) is 14.7 Å². The SMILES string of the molecule is O=C(Cc1cc(Cc2cccc(F)c2)co1)C(=O)c1nc[nH]n1. The van der Waals surface area contributed by atoms with Crippen molar-refractivity contribution in [2.24, 2.45) is 0 Å². The zero-order valence-electron chi connectivity index (χ0n) is 12.0. The smallest absolute Gasteiger partial charge is 0.268 e. The third kappa shape index (κ3) is 3.57. The molecule has 0 bridgehead atoms. The molecule has 6 nitrogen and oxygen atoms in total. The number of nitrogens with zero attached hydrogens (tertiary/aromatic N) is 2. The second-order valence-corrected chi connectivity index (χ2v) is 4.98. The van der Waals surface area contributed by atoms with Gasteiger partial charge in [-0.25, -0.2) is 9.37 Å². The number of carbonyl (C=O) groups excluding carboxylic acids is 2. The number of aromatic nitrogens is 3. The molecule has 0 radical (unpaired) electrons. The van der Waals surface area contributed by atoms with Crippen molar-refractivity contribution in [3.05, 3.63) is 71.5 Å². The van der Waals surface area contributed by atoms with Gasteiger partial charge >= 0.3 is 0 Å². The Kier molecular flexibility index (Phi) is 4.09. The molecule has 0 saturated heterocycles. The maximum atomic E-state index is 13.2. The summed E-state index contributed by atoms with van der Waals surface area (Å²) < 4.78 is 18.4. The summed E-state index contributed by atoms with van der Waals surface area (Å²) in [5, 5.41) is 5.95. The Labute approximate surface area is 130 Å². The molecule has 0 fully saturated rings. The highest BCUT2D eigenvalue weighted by atomic mass is 19.1. The van der Waals surface area contributed by atoms with Crippen LogP contribution in [-0.4, -0.2) is 26.7 Å². The van der Waals surface area contributed by atoms with Crippen LogP contribution >= 0.6 is 0 Å². The lowest BCUT2D eigenvalue weighted by Gasteiger charge is -1.97. The molecule has 7 heteroatoms. The van der Waals surface area contributed by atoms with E-state index in [1.165, 1.54) is 24.7 Å². The molecule has 116 valence electrons. The molecule has 0 aliphatic rings. The number of hydrogen-bond acceptors (Lipinski definition) is 5. The quantitative estimate of drug-likeness (QED) is 0.556. The summed E-state index contributed by atoms with van der Waals surface area (Å²) in [4.78, 5) is 27.3. The van der Waals surface area contributed by atoms with Crippen LogP contribution in [-0.2, 0) is 17.6 Å². The standard InChI is InChI=1S/C16H12FN3O3/c17-12-3-1-2-10(5-12)4-11-6-13(23-8-11)7-14(21)15(22)16-18-9-19-20-16/h1-3,5-6,8-9H,4,7H2,(H,18,19,20). The highest BCUT2D eigenvalue weighted by Gasteiger charge is 2.21. The van der Waals surface area contributed by atoms with Crippen LogP contribution < -0.4 is 0 Å². The van der Waals surface area contributed by atoms with Crippen LogP contribution in [0.5, 0.6) is 0 Å². The second kappa shape index (κ2) is 6.35. The fourth-order valence-corrected chi connectivity index (χ4v) is 2.18. The Morgan fingerprint density at radius 1 is 1.22 bits per heavy atom. The van der Waals surface area contributed by atoms with Gasteiger partial charge < -0.3 is 4.42 Å². The van der Waals surface area contributed by atoms with Crippen molar-refractivity contribution in [3.63, 3.8) is 0 Å². The van der Waals surface area contributed by atoms with E-state index < -0.39 is 11.6 Å². The normalized spacial score (nSPS) is 10.7. The molecule has 3 rings (SSSR count). The molecule has 1 aromatic carbocycles. The van der Waals surface area contributed by atoms with E-state index in [-0.39, 0.29) is 18.1 Å². The molecule has 0 amide bonds. The summed E-state index contributed by atoms with van der Waals surface area (Å²) in [7, 11) is 0. The maximum Gasteiger partial charge on any atom is 0.268 e. The van der Waals surface area contributed by atoms with Gasteiger partial charge in [0.15, 0.2) is 0 Å². The zero-order valence-corrected chi connectivity index (χ0v) is 12.0. The van der Waals surface area contributed by atoms with Crippen molar-refractivity contribution in [1.82, 2.24) is 15.2 Å². The van der Waals surface area contributed by atoms with Crippen molar-refractivity contribution < 1.29 is 18.4 Å². The van der Waals surface area contributed by atoms with Crippen molar-refractivity contribution in [2.75, 3.05) is 0 Å². The molecular weight excluding hydrogens is 301 g/mol. The van der Waals surface area contributed by atoms with Crippen LogP contribution in [0.4, 0.5) is 4.39 Å². The van der Waals surface area contributed by atoms with Crippen molar-refractivity contribution >= 4 is 11.6 Å². The summed E-state index contributed by atoms with van der Waals surface area (Å²) in [6.45, 7) is 0. The summed E-state index contributed by atoms with van der Waals surface area (Å²) in [5.41, 5.74) is 1.59. The third-order valence-corrected chi connectivity index (χ3v) is 3.21. The number of H-pyrrole nitrogens is 1. The minimum atomic E-state index is -0.769. The lowest BCUT2D eigenvalue weighted by atomic mass is 10.1. The molecule has 0 aliphatic heterocycles. The Hall–Kier alpha value is -3.09. The number of benzene rings is 1. The molecule has 0 unspecified atom stereocenters. The number of furan rings is 1. The van der Waals surface area contributed by atoms with Gasteiger partial charge in [0.2, 0.25) is 11.6 Å². The zero-order chi connectivity index (χ0) is 16.2. The first-order chi connectivity index (χ1) is 11.1. The molecule has 1 N–H and O–H groups in total. The predicted octanol–water partition coefficient (Wildman–Crippen LogP) is 2.12. The van der Waals surface area contributed by atoms with Gasteiger partial charge in [0.05, 0.1) is 12.7 Å². The number of nitrogens with one attached hydrogen (secondary N) is 1. The minimum absolute atomic E-state index is 0.165. The largest absolute Gasteiger partial charge is 0.469 e. The van der Waals surface area contributed by atoms with Crippen LogP contribution in [0.3, 0.4) is 0 Å². The number of hydrogen-bond donors (Lipinski definition) is 1. The van der Waals surface area contributed by atoms with E-state index in [1.54, 1.807) is 18.2 Å². The number of aromatic amines is 1. The van der Waals surface area contributed by atoms with Crippen molar-refractivity contribution in [3.8, 4) is 0 Å². The average Bonchev–Trinajstić information content (AvgIpc) is 3.18. The molecule has 2 aromatic heterocycles. The molecular formula is C16H12FN3O3. The van der Waals surface area contributed by atoms with Gasteiger partial charge in [-0.05, 0) is 29.3 Å². The van der Waals surface area contributed by atoms with Gasteiger partial charge in [-0.15, -0.1) is 5.10 Å². The first-order valence-electron chi connectivity index (χ1n) is 6.86. The van der Waals surface area contributed by atoms with Gasteiger partial charge in [0, 0.05) is 6.42 Å². The Morgan fingerprint density at radius 3 is 2.83 bits per heavy atom. The Morgan fingerprint density at radius 2 is 2.09 bits per heavy atom. The van der Waals surface area contributed by atoms with Crippen molar-refractivity contribution in [1.29, 1.82) is 0 Å². The lowest BCUT2D eigenvalue weighted by Crippen LogP contribution is -2.17. The summed E-state index contributed by atoms with van der Waals surface area (Å²) in [5.74, 6) is -1.53. The van der Waals surface area contributed by atoms with Gasteiger partial charge in [-0.1, -0.05) is 12.1 Å². The van der Waals surface area contributed by atoms with Gasteiger partial charge in [-0.2, -0.15) is 0 Å².